The molecule has 10 heteroatoms. The largest absolute Gasteiger partial charge is 0.442 e. The number of anilines is 2. The Labute approximate surface area is 148 Å². The monoisotopic (exact) mass is 368 g/mol. The van der Waals surface area contributed by atoms with Gasteiger partial charge in [-0.1, -0.05) is 0 Å². The molecular weight excluding hydrogens is 350 g/mol. The predicted molar refractivity (Wildman–Crippen MR) is 89.3 cm³/mol. The van der Waals surface area contributed by atoms with Gasteiger partial charge < -0.3 is 14.8 Å². The Hall–Kier alpha value is -2.75. The van der Waals surface area contributed by atoms with Gasteiger partial charge in [0.2, 0.25) is 5.91 Å². The molecule has 140 valence electrons. The van der Waals surface area contributed by atoms with Crippen molar-refractivity contribution in [3.8, 4) is 0 Å². The van der Waals surface area contributed by atoms with Gasteiger partial charge in [0.15, 0.2) is 11.6 Å². The minimum Gasteiger partial charge on any atom is -0.442 e. The molecule has 1 unspecified atom stereocenters. The second-order valence-corrected chi connectivity index (χ2v) is 5.81. The summed E-state index contributed by atoms with van der Waals surface area (Å²) in [6.07, 6.45) is 0.0993. The van der Waals surface area contributed by atoms with Crippen molar-refractivity contribution in [2.75, 3.05) is 42.8 Å². The summed E-state index contributed by atoms with van der Waals surface area (Å²) in [6, 6.07) is 2.11. The Kier molecular flexibility index (Phi) is 5.31. The fraction of sp³-hybridized carbons (Fsp3) is 0.438. The summed E-state index contributed by atoms with van der Waals surface area (Å²) >= 11 is 0. The molecule has 1 aromatic rings. The summed E-state index contributed by atoms with van der Waals surface area (Å²) in [5, 5.41) is 7.69. The van der Waals surface area contributed by atoms with Gasteiger partial charge in [-0.05, 0) is 0 Å². The predicted octanol–water partition coefficient (Wildman–Crippen LogP) is 1.25. The van der Waals surface area contributed by atoms with Crippen LogP contribution in [0.5, 0.6) is 0 Å². The fourth-order valence-electron chi connectivity index (χ4n) is 2.70. The Morgan fingerprint density at radius 2 is 2.12 bits per heavy atom. The van der Waals surface area contributed by atoms with Crippen molar-refractivity contribution in [1.82, 2.24) is 5.32 Å². The highest BCUT2D eigenvalue weighted by atomic mass is 19.1. The first-order valence-corrected chi connectivity index (χ1v) is 8.05. The third-order valence-corrected chi connectivity index (χ3v) is 3.89. The van der Waals surface area contributed by atoms with E-state index in [1.54, 1.807) is 0 Å². The van der Waals surface area contributed by atoms with E-state index in [0.717, 1.165) is 17.0 Å². The van der Waals surface area contributed by atoms with Crippen LogP contribution in [0, 0.1) is 11.6 Å². The molecule has 1 fully saturated rings. The summed E-state index contributed by atoms with van der Waals surface area (Å²) < 4.78 is 39.3. The van der Waals surface area contributed by atoms with Crippen molar-refractivity contribution < 1.29 is 27.8 Å². The molecule has 8 nitrogen and oxygen atoms in total. The van der Waals surface area contributed by atoms with Gasteiger partial charge in [0, 0.05) is 19.1 Å². The molecule has 1 aromatic carbocycles. The summed E-state index contributed by atoms with van der Waals surface area (Å²) in [7, 11) is 0. The van der Waals surface area contributed by atoms with E-state index < -0.39 is 23.8 Å². The highest BCUT2D eigenvalue weighted by molar-refractivity contribution is 5.90. The van der Waals surface area contributed by atoms with Crippen LogP contribution in [0.3, 0.4) is 0 Å². The molecule has 2 amide bonds. The average Bonchev–Trinajstić information content (AvgIpc) is 2.77. The van der Waals surface area contributed by atoms with Crippen molar-refractivity contribution in [2.24, 2.45) is 5.10 Å². The lowest BCUT2D eigenvalue weighted by Gasteiger charge is -2.20. The van der Waals surface area contributed by atoms with Crippen LogP contribution < -0.4 is 15.2 Å². The van der Waals surface area contributed by atoms with E-state index in [2.05, 4.69) is 10.4 Å². The second kappa shape index (κ2) is 7.65. The van der Waals surface area contributed by atoms with E-state index in [1.165, 1.54) is 18.1 Å². The summed E-state index contributed by atoms with van der Waals surface area (Å²) in [5.41, 5.74) is -0.271. The Bertz CT molecular complexity index is 720. The van der Waals surface area contributed by atoms with Crippen molar-refractivity contribution >= 4 is 29.6 Å². The third-order valence-electron chi connectivity index (χ3n) is 3.89. The molecule has 1 saturated heterocycles. The molecule has 2 heterocycles. The molecule has 1 atom stereocenters. The average molecular weight is 368 g/mol. The third kappa shape index (κ3) is 3.90. The lowest BCUT2D eigenvalue weighted by atomic mass is 10.2. The number of carbonyl (C=O) groups is 2. The van der Waals surface area contributed by atoms with Gasteiger partial charge in [-0.3, -0.25) is 14.7 Å². The quantitative estimate of drug-likeness (QED) is 0.865. The maximum atomic E-state index is 14.5. The van der Waals surface area contributed by atoms with E-state index in [4.69, 9.17) is 9.47 Å². The van der Waals surface area contributed by atoms with Crippen LogP contribution in [0.15, 0.2) is 17.2 Å². The van der Waals surface area contributed by atoms with E-state index in [-0.39, 0.29) is 50.1 Å². The molecule has 0 radical (unpaired) electrons. The highest BCUT2D eigenvalue weighted by Gasteiger charge is 2.33. The number of hydrogen-bond donors (Lipinski definition) is 1. The summed E-state index contributed by atoms with van der Waals surface area (Å²) in [4.78, 5) is 24.0. The number of benzene rings is 1. The van der Waals surface area contributed by atoms with Gasteiger partial charge >= 0.3 is 6.09 Å². The maximum Gasteiger partial charge on any atom is 0.414 e. The van der Waals surface area contributed by atoms with E-state index >= 15 is 0 Å². The first-order valence-electron chi connectivity index (χ1n) is 8.05. The lowest BCUT2D eigenvalue weighted by molar-refractivity contribution is -0.119. The van der Waals surface area contributed by atoms with Gasteiger partial charge in [0.25, 0.3) is 0 Å². The number of amides is 2. The van der Waals surface area contributed by atoms with Gasteiger partial charge in [-0.2, -0.15) is 5.10 Å². The zero-order valence-corrected chi connectivity index (χ0v) is 14.1. The molecule has 0 bridgehead atoms. The van der Waals surface area contributed by atoms with Gasteiger partial charge in [0.05, 0.1) is 44.8 Å². The maximum absolute atomic E-state index is 14.5. The van der Waals surface area contributed by atoms with Crippen LogP contribution >= 0.6 is 0 Å². The number of ether oxygens (including phenoxy) is 2. The van der Waals surface area contributed by atoms with E-state index in [1.807, 2.05) is 0 Å². The number of nitrogens with one attached hydrogen (secondary N) is 1. The van der Waals surface area contributed by atoms with Crippen LogP contribution in [0.25, 0.3) is 0 Å². The highest BCUT2D eigenvalue weighted by Crippen LogP contribution is 2.31. The minimum atomic E-state index is -0.850. The van der Waals surface area contributed by atoms with E-state index in [0.29, 0.717) is 0 Å². The van der Waals surface area contributed by atoms with Crippen LogP contribution in [0.4, 0.5) is 25.0 Å². The van der Waals surface area contributed by atoms with Crippen molar-refractivity contribution in [3.05, 3.63) is 23.8 Å². The molecule has 2 aliphatic rings. The lowest BCUT2D eigenvalue weighted by Crippen LogP contribution is -2.33. The number of rotatable bonds is 4. The Balaban J connectivity index is 1.79. The number of carbonyl (C=O) groups excluding carboxylic acids is 2. The minimum absolute atomic E-state index is 0.0362. The van der Waals surface area contributed by atoms with Crippen molar-refractivity contribution in [1.29, 1.82) is 0 Å². The molecule has 26 heavy (non-hydrogen) atoms. The molecule has 0 aromatic heterocycles. The molecule has 0 saturated carbocycles. The molecule has 2 aliphatic heterocycles. The Morgan fingerprint density at radius 3 is 2.81 bits per heavy atom. The van der Waals surface area contributed by atoms with Gasteiger partial charge in [-0.15, -0.1) is 0 Å². The smallest absolute Gasteiger partial charge is 0.414 e. The second-order valence-electron chi connectivity index (χ2n) is 5.81. The SMILES string of the molecule is CC(=O)NCC1CN(c2cc(F)c(N3CCOCC=N3)c(F)c2)C(=O)O1. The first kappa shape index (κ1) is 18.1. The number of halogens is 2. The molecule has 3 rings (SSSR count). The zero-order valence-electron chi connectivity index (χ0n) is 14.1. The molecule has 0 spiro atoms. The summed E-state index contributed by atoms with van der Waals surface area (Å²) in [6.45, 7) is 2.30. The standard InChI is InChI=1S/C16H18F2N4O4/c1-10(23)19-8-12-9-21(16(24)26-12)11-6-13(17)15(14(18)7-11)22-3-5-25-4-2-20-22/h2,6-7,12H,3-5,8-9H2,1H3,(H,19,23). The first-order chi connectivity index (χ1) is 12.5. The van der Waals surface area contributed by atoms with E-state index in [9.17, 15) is 18.4 Å². The van der Waals surface area contributed by atoms with Crippen LogP contribution in [-0.4, -0.2) is 57.2 Å². The molecular formula is C16H18F2N4O4. The number of nitrogens with zero attached hydrogens (tertiary/aromatic N) is 3. The molecule has 1 N–H and O–H groups in total. The normalized spacial score (nSPS) is 20.1. The van der Waals surface area contributed by atoms with Gasteiger partial charge in [0.1, 0.15) is 11.8 Å². The summed E-state index contributed by atoms with van der Waals surface area (Å²) in [5.74, 6) is -1.96. The Morgan fingerprint density at radius 1 is 1.38 bits per heavy atom. The van der Waals surface area contributed by atoms with Crippen molar-refractivity contribution in [2.45, 2.75) is 13.0 Å². The number of hydrogen-bond acceptors (Lipinski definition) is 6. The molecule has 0 aliphatic carbocycles. The fourth-order valence-corrected chi connectivity index (χ4v) is 2.70. The topological polar surface area (TPSA) is 83.5 Å². The number of hydrazone groups is 1. The number of cyclic esters (lactones) is 1. The zero-order chi connectivity index (χ0) is 18.7. The van der Waals surface area contributed by atoms with Crippen LogP contribution in [0.2, 0.25) is 0 Å². The van der Waals surface area contributed by atoms with Gasteiger partial charge in [-0.25, -0.2) is 13.6 Å². The van der Waals surface area contributed by atoms with Crippen LogP contribution in [0.1, 0.15) is 6.92 Å². The van der Waals surface area contributed by atoms with Crippen molar-refractivity contribution in [3.63, 3.8) is 0 Å². The van der Waals surface area contributed by atoms with Crippen LogP contribution in [-0.2, 0) is 14.3 Å².